The third-order valence-electron chi connectivity index (χ3n) is 0. The SMILES string of the molecule is CCN.[H-].[Li+]. The Morgan fingerprint density at radius 3 is 2.00 bits per heavy atom. The van der Waals surface area contributed by atoms with Gasteiger partial charge in [-0.15, -0.1) is 0 Å². The molecule has 0 heterocycles. The van der Waals surface area contributed by atoms with Gasteiger partial charge in [0.1, 0.15) is 0 Å². The number of hydrogen-bond donors (Lipinski definition) is 1. The minimum absolute atomic E-state index is 0. The molecule has 0 bridgehead atoms. The average Bonchev–Trinajstić information content (AvgIpc) is 0.918. The molecule has 0 rings (SSSR count). The van der Waals surface area contributed by atoms with Crippen LogP contribution in [-0.4, -0.2) is 6.54 Å². The first-order chi connectivity index (χ1) is 1.41. The minimum atomic E-state index is 0. The number of rotatable bonds is 0. The van der Waals surface area contributed by atoms with Crippen molar-refractivity contribution in [3.05, 3.63) is 0 Å². The van der Waals surface area contributed by atoms with Gasteiger partial charge in [0.15, 0.2) is 0 Å². The van der Waals surface area contributed by atoms with Crippen LogP contribution in [0.4, 0.5) is 0 Å². The van der Waals surface area contributed by atoms with Gasteiger partial charge in [0, 0.05) is 0 Å². The van der Waals surface area contributed by atoms with Gasteiger partial charge in [-0.25, -0.2) is 0 Å². The molecule has 0 aromatic carbocycles. The molecule has 0 atom stereocenters. The Morgan fingerprint density at radius 2 is 2.00 bits per heavy atom. The van der Waals surface area contributed by atoms with E-state index in [1.807, 2.05) is 6.92 Å². The van der Waals surface area contributed by atoms with Crippen molar-refractivity contribution in [2.24, 2.45) is 5.73 Å². The second kappa shape index (κ2) is 9.59. The first kappa shape index (κ1) is 8.82. The van der Waals surface area contributed by atoms with Gasteiger partial charge in [0.25, 0.3) is 0 Å². The van der Waals surface area contributed by atoms with Crippen molar-refractivity contribution in [1.29, 1.82) is 0 Å². The molecule has 22 valence electrons. The van der Waals surface area contributed by atoms with Crippen LogP contribution < -0.4 is 24.6 Å². The average molecular weight is 53.0 g/mol. The molecular formula is C2H8LiN. The third-order valence-corrected chi connectivity index (χ3v) is 0. The predicted molar refractivity (Wildman–Crippen MR) is 15.8 cm³/mol. The topological polar surface area (TPSA) is 26.0 Å². The summed E-state index contributed by atoms with van der Waals surface area (Å²) in [6.07, 6.45) is 0. The van der Waals surface area contributed by atoms with E-state index in [4.69, 9.17) is 5.73 Å². The monoisotopic (exact) mass is 53.1 g/mol. The summed E-state index contributed by atoms with van der Waals surface area (Å²) < 4.78 is 0. The van der Waals surface area contributed by atoms with Crippen molar-refractivity contribution in [3.63, 3.8) is 0 Å². The summed E-state index contributed by atoms with van der Waals surface area (Å²) in [7, 11) is 0. The molecular weight excluding hydrogens is 45.0 g/mol. The fraction of sp³-hybridized carbons (Fsp3) is 1.00. The van der Waals surface area contributed by atoms with E-state index in [1.54, 1.807) is 0 Å². The zero-order chi connectivity index (χ0) is 2.71. The molecule has 2 N–H and O–H groups in total. The van der Waals surface area contributed by atoms with Gasteiger partial charge in [0.05, 0.1) is 0 Å². The Balaban J connectivity index is -0.0000000200. The molecule has 0 aliphatic heterocycles. The van der Waals surface area contributed by atoms with Crippen LogP contribution in [0.2, 0.25) is 0 Å². The Labute approximate surface area is 40.2 Å². The normalized spacial score (nSPS) is 4.50. The van der Waals surface area contributed by atoms with Gasteiger partial charge < -0.3 is 7.16 Å². The van der Waals surface area contributed by atoms with Crippen molar-refractivity contribution in [2.45, 2.75) is 6.92 Å². The van der Waals surface area contributed by atoms with Crippen molar-refractivity contribution in [1.82, 2.24) is 0 Å². The minimum Gasteiger partial charge on any atom is -1.00 e. The van der Waals surface area contributed by atoms with E-state index < -0.39 is 0 Å². The smallest absolute Gasteiger partial charge is 1.00 e. The van der Waals surface area contributed by atoms with Gasteiger partial charge >= 0.3 is 18.9 Å². The first-order valence-corrected chi connectivity index (χ1v) is 1.12. The van der Waals surface area contributed by atoms with E-state index in [-0.39, 0.29) is 20.3 Å². The Morgan fingerprint density at radius 1 is 2.00 bits per heavy atom. The predicted octanol–water partition coefficient (Wildman–Crippen LogP) is -2.92. The summed E-state index contributed by atoms with van der Waals surface area (Å²) in [4.78, 5) is 0. The van der Waals surface area contributed by atoms with Crippen LogP contribution in [0.15, 0.2) is 0 Å². The molecule has 0 aromatic rings. The first-order valence-electron chi connectivity index (χ1n) is 1.12. The molecule has 2 heteroatoms. The van der Waals surface area contributed by atoms with Crippen LogP contribution >= 0.6 is 0 Å². The summed E-state index contributed by atoms with van der Waals surface area (Å²) in [6, 6.07) is 0. The van der Waals surface area contributed by atoms with Crippen molar-refractivity contribution >= 4 is 0 Å². The third kappa shape index (κ3) is 20.0. The molecule has 0 saturated carbocycles. The fourth-order valence-corrected chi connectivity index (χ4v) is 0. The van der Waals surface area contributed by atoms with Crippen LogP contribution in [0.25, 0.3) is 0 Å². The van der Waals surface area contributed by atoms with Crippen LogP contribution in [0.5, 0.6) is 0 Å². The maximum atomic E-state index is 4.85. The molecule has 0 aromatic heterocycles. The summed E-state index contributed by atoms with van der Waals surface area (Å²) >= 11 is 0. The van der Waals surface area contributed by atoms with E-state index in [9.17, 15) is 0 Å². The van der Waals surface area contributed by atoms with Gasteiger partial charge in [-0.3, -0.25) is 0 Å². The van der Waals surface area contributed by atoms with Gasteiger partial charge in [0.2, 0.25) is 0 Å². The van der Waals surface area contributed by atoms with Crippen LogP contribution in [0, 0.1) is 0 Å². The quantitative estimate of drug-likeness (QED) is 0.294. The second-order valence-electron chi connectivity index (χ2n) is 0.408. The molecule has 0 aliphatic rings. The molecule has 0 amide bonds. The summed E-state index contributed by atoms with van der Waals surface area (Å²) in [6.45, 7) is 2.65. The molecule has 0 aliphatic carbocycles. The van der Waals surface area contributed by atoms with Crippen molar-refractivity contribution in [2.75, 3.05) is 6.54 Å². The Hall–Kier alpha value is 0.557. The second-order valence-corrected chi connectivity index (χ2v) is 0.408. The molecule has 0 spiro atoms. The molecule has 0 radical (unpaired) electrons. The van der Waals surface area contributed by atoms with Crippen LogP contribution in [0.1, 0.15) is 8.35 Å². The van der Waals surface area contributed by atoms with E-state index in [0.29, 0.717) is 0 Å². The van der Waals surface area contributed by atoms with E-state index in [2.05, 4.69) is 0 Å². The number of hydrogen-bond acceptors (Lipinski definition) is 1. The molecule has 0 saturated heterocycles. The summed E-state index contributed by atoms with van der Waals surface area (Å²) in [5.74, 6) is 0. The maximum Gasteiger partial charge on any atom is 1.00 e. The molecule has 1 nitrogen and oxygen atoms in total. The molecule has 4 heavy (non-hydrogen) atoms. The zero-order valence-electron chi connectivity index (χ0n) is 4.28. The maximum absolute atomic E-state index is 4.85. The van der Waals surface area contributed by atoms with Crippen molar-refractivity contribution in [3.8, 4) is 0 Å². The van der Waals surface area contributed by atoms with E-state index >= 15 is 0 Å². The Kier molecular flexibility index (Phi) is 21.1. The summed E-state index contributed by atoms with van der Waals surface area (Å²) in [5.41, 5.74) is 4.85. The van der Waals surface area contributed by atoms with Gasteiger partial charge in [-0.2, -0.15) is 0 Å². The fourth-order valence-electron chi connectivity index (χ4n) is 0. The van der Waals surface area contributed by atoms with Crippen molar-refractivity contribution < 1.29 is 20.3 Å². The summed E-state index contributed by atoms with van der Waals surface area (Å²) in [5, 5.41) is 0. The zero-order valence-corrected chi connectivity index (χ0v) is 3.28. The number of nitrogens with two attached hydrogens (primary N) is 1. The van der Waals surface area contributed by atoms with Crippen LogP contribution in [0.3, 0.4) is 0 Å². The van der Waals surface area contributed by atoms with E-state index in [0.717, 1.165) is 6.54 Å². The van der Waals surface area contributed by atoms with Gasteiger partial charge in [-0.05, 0) is 6.54 Å². The molecule has 0 unspecified atom stereocenters. The molecule has 0 fully saturated rings. The van der Waals surface area contributed by atoms with Gasteiger partial charge in [-0.1, -0.05) is 6.92 Å². The standard InChI is InChI=1S/C2H7N.Li.H/c1-2-3;;/h2-3H2,1H3;;/q;+1;-1. The largest absolute Gasteiger partial charge is 1.00 e. The van der Waals surface area contributed by atoms with E-state index in [1.165, 1.54) is 0 Å². The van der Waals surface area contributed by atoms with Crippen LogP contribution in [-0.2, 0) is 0 Å². The Bertz CT molecular complexity index is 9.61.